The van der Waals surface area contributed by atoms with Gasteiger partial charge in [0.05, 0.1) is 0 Å². The molecular weight excluding hydrogens is 242 g/mol. The van der Waals surface area contributed by atoms with Crippen LogP contribution in [0.1, 0.15) is 88.8 Å². The lowest BCUT2D eigenvalue weighted by Crippen LogP contribution is -2.33. The molecule has 1 aromatic carbocycles. The lowest BCUT2D eigenvalue weighted by Gasteiger charge is -2.32. The van der Waals surface area contributed by atoms with E-state index in [1.54, 1.807) is 11.1 Å². The third kappa shape index (κ3) is 4.09. The van der Waals surface area contributed by atoms with E-state index in [1.165, 1.54) is 44.9 Å². The molecule has 1 N–H and O–H groups in total. The van der Waals surface area contributed by atoms with Gasteiger partial charge >= 0.3 is 0 Å². The molecule has 3 unspecified atom stereocenters. The molecule has 1 heteroatoms. The Morgan fingerprint density at radius 2 is 1.85 bits per heavy atom. The van der Waals surface area contributed by atoms with Gasteiger partial charge in [0.2, 0.25) is 0 Å². The van der Waals surface area contributed by atoms with E-state index in [4.69, 9.17) is 0 Å². The average molecular weight is 273 g/mol. The molecule has 0 saturated carbocycles. The topological polar surface area (TPSA) is 12.0 Å². The fourth-order valence-corrected chi connectivity index (χ4v) is 3.48. The highest BCUT2D eigenvalue weighted by atomic mass is 14.9. The van der Waals surface area contributed by atoms with Gasteiger partial charge in [0.15, 0.2) is 0 Å². The standard InChI is InChI=1S/C19H31N/c1-4-5-6-7-10-16(3)20-19-14-13-15(2)17-11-8-9-12-18(17)19/h8-9,11-12,15-16,19-20H,4-7,10,13-14H2,1-3H3. The summed E-state index contributed by atoms with van der Waals surface area (Å²) in [5.74, 6) is 0.726. The molecule has 20 heavy (non-hydrogen) atoms. The molecule has 0 radical (unpaired) electrons. The van der Waals surface area contributed by atoms with Crippen LogP contribution >= 0.6 is 0 Å². The van der Waals surface area contributed by atoms with Crippen LogP contribution in [0.5, 0.6) is 0 Å². The molecular formula is C19H31N. The average Bonchev–Trinajstić information content (AvgIpc) is 2.47. The first-order valence-electron chi connectivity index (χ1n) is 8.57. The lowest BCUT2D eigenvalue weighted by atomic mass is 9.81. The molecule has 3 atom stereocenters. The third-order valence-electron chi connectivity index (χ3n) is 4.77. The fourth-order valence-electron chi connectivity index (χ4n) is 3.48. The maximum absolute atomic E-state index is 3.87. The Morgan fingerprint density at radius 3 is 2.60 bits per heavy atom. The van der Waals surface area contributed by atoms with Crippen molar-refractivity contribution in [2.75, 3.05) is 0 Å². The van der Waals surface area contributed by atoms with Crippen LogP contribution in [0, 0.1) is 0 Å². The number of hydrogen-bond acceptors (Lipinski definition) is 1. The third-order valence-corrected chi connectivity index (χ3v) is 4.77. The van der Waals surface area contributed by atoms with E-state index in [-0.39, 0.29) is 0 Å². The van der Waals surface area contributed by atoms with E-state index in [0.29, 0.717) is 12.1 Å². The van der Waals surface area contributed by atoms with Gasteiger partial charge in [-0.1, -0.05) is 63.8 Å². The zero-order valence-electron chi connectivity index (χ0n) is 13.5. The number of unbranched alkanes of at least 4 members (excludes halogenated alkanes) is 3. The van der Waals surface area contributed by atoms with Crippen LogP contribution in [0.3, 0.4) is 0 Å². The van der Waals surface area contributed by atoms with Crippen molar-refractivity contribution in [3.63, 3.8) is 0 Å². The molecule has 1 aliphatic rings. The van der Waals surface area contributed by atoms with Gasteiger partial charge in [-0.25, -0.2) is 0 Å². The van der Waals surface area contributed by atoms with Gasteiger partial charge in [-0.2, -0.15) is 0 Å². The normalized spacial score (nSPS) is 23.4. The first-order chi connectivity index (χ1) is 9.72. The Bertz CT molecular complexity index is 399. The lowest BCUT2D eigenvalue weighted by molar-refractivity contribution is 0.373. The summed E-state index contributed by atoms with van der Waals surface area (Å²) in [7, 11) is 0. The van der Waals surface area contributed by atoms with Crippen LogP contribution in [-0.2, 0) is 0 Å². The second-order valence-electron chi connectivity index (χ2n) is 6.58. The van der Waals surface area contributed by atoms with Gasteiger partial charge in [0.25, 0.3) is 0 Å². The first kappa shape index (κ1) is 15.6. The molecule has 112 valence electrons. The van der Waals surface area contributed by atoms with E-state index in [9.17, 15) is 0 Å². The predicted octanol–water partition coefficient (Wildman–Crippen LogP) is 5.57. The highest BCUT2D eigenvalue weighted by Gasteiger charge is 2.24. The van der Waals surface area contributed by atoms with E-state index < -0.39 is 0 Å². The zero-order chi connectivity index (χ0) is 14.4. The molecule has 1 nitrogen and oxygen atoms in total. The van der Waals surface area contributed by atoms with Gasteiger partial charge in [0.1, 0.15) is 0 Å². The number of hydrogen-bond donors (Lipinski definition) is 1. The summed E-state index contributed by atoms with van der Waals surface area (Å²) in [6.07, 6.45) is 9.39. The number of benzene rings is 1. The predicted molar refractivity (Wildman–Crippen MR) is 88.2 cm³/mol. The van der Waals surface area contributed by atoms with E-state index >= 15 is 0 Å². The van der Waals surface area contributed by atoms with E-state index in [1.807, 2.05) is 0 Å². The Morgan fingerprint density at radius 1 is 1.10 bits per heavy atom. The van der Waals surface area contributed by atoms with Crippen molar-refractivity contribution < 1.29 is 0 Å². The minimum atomic E-state index is 0.573. The van der Waals surface area contributed by atoms with Crippen LogP contribution in [0.25, 0.3) is 0 Å². The second-order valence-corrected chi connectivity index (χ2v) is 6.58. The van der Waals surface area contributed by atoms with Gasteiger partial charge in [0, 0.05) is 12.1 Å². The summed E-state index contributed by atoms with van der Waals surface area (Å²) in [5, 5.41) is 3.87. The minimum Gasteiger partial charge on any atom is -0.307 e. The monoisotopic (exact) mass is 273 g/mol. The van der Waals surface area contributed by atoms with Crippen molar-refractivity contribution in [1.82, 2.24) is 5.32 Å². The molecule has 0 heterocycles. The molecule has 0 saturated heterocycles. The van der Waals surface area contributed by atoms with Crippen molar-refractivity contribution >= 4 is 0 Å². The molecule has 0 bridgehead atoms. The van der Waals surface area contributed by atoms with E-state index in [0.717, 1.165) is 5.92 Å². The largest absolute Gasteiger partial charge is 0.307 e. The number of nitrogens with one attached hydrogen (secondary N) is 1. The van der Waals surface area contributed by atoms with Crippen molar-refractivity contribution in [1.29, 1.82) is 0 Å². The van der Waals surface area contributed by atoms with Crippen LogP contribution in [0.4, 0.5) is 0 Å². The van der Waals surface area contributed by atoms with Crippen LogP contribution in [-0.4, -0.2) is 6.04 Å². The molecule has 1 aliphatic carbocycles. The maximum Gasteiger partial charge on any atom is 0.0325 e. The van der Waals surface area contributed by atoms with E-state index in [2.05, 4.69) is 50.4 Å². The second kappa shape index (κ2) is 7.83. The van der Waals surface area contributed by atoms with Crippen LogP contribution < -0.4 is 5.32 Å². The summed E-state index contributed by atoms with van der Waals surface area (Å²) >= 11 is 0. The Hall–Kier alpha value is -0.820. The Kier molecular flexibility index (Phi) is 6.09. The van der Waals surface area contributed by atoms with Gasteiger partial charge in [-0.3, -0.25) is 0 Å². The Balaban J connectivity index is 1.89. The first-order valence-corrected chi connectivity index (χ1v) is 8.57. The highest BCUT2D eigenvalue weighted by Crippen LogP contribution is 2.37. The summed E-state index contributed by atoms with van der Waals surface area (Å²) in [6, 6.07) is 10.2. The van der Waals surface area contributed by atoms with Crippen molar-refractivity contribution in [2.24, 2.45) is 0 Å². The number of fused-ring (bicyclic) bond motifs is 1. The van der Waals surface area contributed by atoms with Gasteiger partial charge < -0.3 is 5.32 Å². The SMILES string of the molecule is CCCCCCC(C)NC1CCC(C)c2ccccc21. The van der Waals surface area contributed by atoms with Crippen molar-refractivity contribution in [3.05, 3.63) is 35.4 Å². The molecule has 0 aromatic heterocycles. The van der Waals surface area contributed by atoms with Crippen LogP contribution in [0.15, 0.2) is 24.3 Å². The van der Waals surface area contributed by atoms with Crippen molar-refractivity contribution in [3.8, 4) is 0 Å². The fraction of sp³-hybridized carbons (Fsp3) is 0.684. The summed E-state index contributed by atoms with van der Waals surface area (Å²) in [5.41, 5.74) is 3.11. The molecule has 0 amide bonds. The number of rotatable bonds is 7. The van der Waals surface area contributed by atoms with Crippen molar-refractivity contribution in [2.45, 2.75) is 83.7 Å². The molecule has 0 aliphatic heterocycles. The highest BCUT2D eigenvalue weighted by molar-refractivity contribution is 5.34. The molecule has 2 rings (SSSR count). The summed E-state index contributed by atoms with van der Waals surface area (Å²) in [4.78, 5) is 0. The summed E-state index contributed by atoms with van der Waals surface area (Å²) in [6.45, 7) is 7.00. The Labute approximate surface area is 125 Å². The van der Waals surface area contributed by atoms with Gasteiger partial charge in [-0.15, -0.1) is 0 Å². The smallest absolute Gasteiger partial charge is 0.0325 e. The molecule has 0 spiro atoms. The zero-order valence-corrected chi connectivity index (χ0v) is 13.5. The summed E-state index contributed by atoms with van der Waals surface area (Å²) < 4.78 is 0. The molecule has 0 fully saturated rings. The molecule has 1 aromatic rings. The van der Waals surface area contributed by atoms with Crippen LogP contribution in [0.2, 0.25) is 0 Å². The quantitative estimate of drug-likeness (QED) is 0.640. The van der Waals surface area contributed by atoms with Gasteiger partial charge in [-0.05, 0) is 43.2 Å². The maximum atomic E-state index is 3.87. The minimum absolute atomic E-state index is 0.573.